The number of anilines is 4. The summed E-state index contributed by atoms with van der Waals surface area (Å²) in [6.07, 6.45) is -1.31. The van der Waals surface area contributed by atoms with Gasteiger partial charge in [0.05, 0.1) is 36.3 Å². The molecule has 0 aliphatic carbocycles. The Labute approximate surface area is 245 Å². The lowest BCUT2D eigenvalue weighted by Crippen LogP contribution is -2.22. The highest BCUT2D eigenvalue weighted by molar-refractivity contribution is 6.35. The van der Waals surface area contributed by atoms with E-state index >= 15 is 0 Å². The molecule has 0 aliphatic heterocycles. The Balaban J connectivity index is 1.89. The third-order valence-electron chi connectivity index (χ3n) is 6.49. The van der Waals surface area contributed by atoms with E-state index in [1.54, 1.807) is 30.3 Å². The first-order valence-corrected chi connectivity index (χ1v) is 13.2. The van der Waals surface area contributed by atoms with Crippen LogP contribution in [0.3, 0.4) is 0 Å². The summed E-state index contributed by atoms with van der Waals surface area (Å²) in [6, 6.07) is 10.3. The van der Waals surface area contributed by atoms with Crippen LogP contribution in [0.5, 0.6) is 11.5 Å². The molecule has 0 aliphatic rings. The minimum Gasteiger partial charge on any atom is -0.496 e. The van der Waals surface area contributed by atoms with Gasteiger partial charge in [0.2, 0.25) is 5.91 Å². The Morgan fingerprint density at radius 2 is 1.88 bits per heavy atom. The van der Waals surface area contributed by atoms with Crippen LogP contribution in [0.1, 0.15) is 18.1 Å². The zero-order chi connectivity index (χ0) is 30.6. The molecule has 2 aromatic carbocycles. The zero-order valence-corrected chi connectivity index (χ0v) is 24.1. The van der Waals surface area contributed by atoms with E-state index in [0.717, 1.165) is 17.2 Å². The van der Waals surface area contributed by atoms with E-state index in [1.165, 1.54) is 20.4 Å². The number of nitrogens with zero attached hydrogens (tertiary/aromatic N) is 2. The molecule has 3 N–H and O–H groups in total. The minimum atomic E-state index is -4.50. The Hall–Kier alpha value is -4.51. The summed E-state index contributed by atoms with van der Waals surface area (Å²) in [5, 5.41) is 9.50. The summed E-state index contributed by atoms with van der Waals surface area (Å²) in [5.41, 5.74) is 3.38. The Morgan fingerprint density at radius 1 is 1.14 bits per heavy atom. The number of nitrogens with one attached hydrogen (secondary N) is 3. The molecule has 0 atom stereocenters. The molecule has 0 fully saturated rings. The number of carbonyl (C=O) groups excluding carboxylic acids is 1. The van der Waals surface area contributed by atoms with E-state index in [-0.39, 0.29) is 10.8 Å². The Morgan fingerprint density at radius 3 is 2.52 bits per heavy atom. The van der Waals surface area contributed by atoms with Gasteiger partial charge in [0.25, 0.3) is 0 Å². The average Bonchev–Trinajstić information content (AvgIpc) is 2.96. The normalized spacial score (nSPS) is 11.2. The molecule has 4 aromatic rings. The molecule has 8 nitrogen and oxygen atoms in total. The topological polar surface area (TPSA) is 97.4 Å². The molecule has 12 heteroatoms. The molecule has 0 radical (unpaired) electrons. The van der Waals surface area contributed by atoms with Crippen LogP contribution in [0.25, 0.3) is 22.0 Å². The molecular weight excluding hydrogens is 571 g/mol. The number of carbonyl (C=O) groups is 1. The van der Waals surface area contributed by atoms with E-state index in [1.807, 2.05) is 19.9 Å². The van der Waals surface area contributed by atoms with Gasteiger partial charge in [-0.15, -0.1) is 0 Å². The minimum absolute atomic E-state index is 0.0184. The van der Waals surface area contributed by atoms with Crippen molar-refractivity contribution in [2.75, 3.05) is 36.7 Å². The monoisotopic (exact) mass is 599 g/mol. The lowest BCUT2D eigenvalue weighted by molar-refractivity contribution is -0.115. The van der Waals surface area contributed by atoms with Crippen molar-refractivity contribution in [3.8, 4) is 22.8 Å². The predicted octanol–water partition coefficient (Wildman–Crippen LogP) is 7.68. The number of halogens is 4. The molecule has 0 unspecified atom stereocenters. The number of aryl methyl sites for hydroxylation is 1. The number of alkyl halides is 3. The van der Waals surface area contributed by atoms with Crippen molar-refractivity contribution in [2.24, 2.45) is 0 Å². The third kappa shape index (κ3) is 6.52. The predicted molar refractivity (Wildman–Crippen MR) is 160 cm³/mol. The van der Waals surface area contributed by atoms with E-state index in [0.29, 0.717) is 57.1 Å². The molecular formula is C30H29ClF3N5O3. The number of hydrogen-bond acceptors (Lipinski definition) is 7. The van der Waals surface area contributed by atoms with Crippen molar-refractivity contribution in [2.45, 2.75) is 26.4 Å². The first-order chi connectivity index (χ1) is 20.0. The number of rotatable bonds is 10. The highest BCUT2D eigenvalue weighted by Gasteiger charge is 2.28. The highest BCUT2D eigenvalue weighted by Crippen LogP contribution is 2.44. The number of hydrogen-bond donors (Lipinski definition) is 3. The smallest absolute Gasteiger partial charge is 0.405 e. The van der Waals surface area contributed by atoms with Gasteiger partial charge in [-0.05, 0) is 43.2 Å². The molecule has 0 saturated carbocycles. The van der Waals surface area contributed by atoms with Gasteiger partial charge in [0, 0.05) is 34.2 Å². The molecule has 0 saturated heterocycles. The lowest BCUT2D eigenvalue weighted by Gasteiger charge is -2.19. The molecule has 42 heavy (non-hydrogen) atoms. The Bertz CT molecular complexity index is 1660. The number of para-hydroxylation sites is 1. The maximum Gasteiger partial charge on any atom is 0.405 e. The average molecular weight is 600 g/mol. The molecule has 2 heterocycles. The summed E-state index contributed by atoms with van der Waals surface area (Å²) in [5.74, 6) is 0.754. The van der Waals surface area contributed by atoms with E-state index in [4.69, 9.17) is 21.1 Å². The fourth-order valence-electron chi connectivity index (χ4n) is 4.51. The van der Waals surface area contributed by atoms with Gasteiger partial charge in [-0.2, -0.15) is 13.2 Å². The number of benzene rings is 2. The van der Waals surface area contributed by atoms with Crippen LogP contribution >= 0.6 is 11.6 Å². The van der Waals surface area contributed by atoms with Gasteiger partial charge < -0.3 is 25.4 Å². The fourth-order valence-corrected chi connectivity index (χ4v) is 4.85. The molecule has 1 amide bonds. The summed E-state index contributed by atoms with van der Waals surface area (Å²) in [7, 11) is 2.97. The zero-order valence-electron chi connectivity index (χ0n) is 23.4. The molecule has 220 valence electrons. The number of aromatic nitrogens is 2. The van der Waals surface area contributed by atoms with Crippen LogP contribution in [-0.2, 0) is 11.2 Å². The van der Waals surface area contributed by atoms with Crippen LogP contribution in [0.2, 0.25) is 5.02 Å². The van der Waals surface area contributed by atoms with Gasteiger partial charge in [-0.25, -0.2) is 9.97 Å². The van der Waals surface area contributed by atoms with Crippen molar-refractivity contribution < 1.29 is 27.4 Å². The van der Waals surface area contributed by atoms with Crippen LogP contribution in [0, 0.1) is 6.92 Å². The quantitative estimate of drug-likeness (QED) is 0.161. The van der Waals surface area contributed by atoms with Crippen molar-refractivity contribution in [1.82, 2.24) is 9.97 Å². The second-order valence-electron chi connectivity index (χ2n) is 9.23. The second-order valence-corrected chi connectivity index (χ2v) is 9.61. The van der Waals surface area contributed by atoms with Crippen molar-refractivity contribution in [3.63, 3.8) is 0 Å². The van der Waals surface area contributed by atoms with Gasteiger partial charge >= 0.3 is 6.18 Å². The van der Waals surface area contributed by atoms with Gasteiger partial charge in [0.15, 0.2) is 0 Å². The third-order valence-corrected chi connectivity index (χ3v) is 6.86. The van der Waals surface area contributed by atoms with E-state index < -0.39 is 18.6 Å². The van der Waals surface area contributed by atoms with Gasteiger partial charge in [-0.1, -0.05) is 37.2 Å². The highest BCUT2D eigenvalue weighted by atomic mass is 35.5. The number of pyridine rings is 2. The van der Waals surface area contributed by atoms with Gasteiger partial charge in [-0.3, -0.25) is 4.79 Å². The van der Waals surface area contributed by atoms with E-state index in [9.17, 15) is 18.0 Å². The number of amides is 1. The van der Waals surface area contributed by atoms with Crippen LogP contribution < -0.4 is 25.4 Å². The first-order valence-electron chi connectivity index (χ1n) is 12.8. The standard InChI is InChI=1S/C30H29ClF3N5O3/c1-6-18-22(41-4)13-23(42-5)27(31)26(18)21-11-17-14-35-24(12-19(17)29(38-21)36-15-30(32,33)34)39-28-16(3)9-8-10-20(28)37-25(40)7-2/h7-14H,2,6,15H2,1,3-5H3,(H,35,39)(H,36,38)(H,37,40). The summed E-state index contributed by atoms with van der Waals surface area (Å²) in [6.45, 7) is 5.91. The van der Waals surface area contributed by atoms with Crippen molar-refractivity contribution in [1.29, 1.82) is 0 Å². The summed E-state index contributed by atoms with van der Waals surface area (Å²) in [4.78, 5) is 21.1. The maximum atomic E-state index is 13.3. The van der Waals surface area contributed by atoms with Gasteiger partial charge in [0.1, 0.15) is 29.7 Å². The van der Waals surface area contributed by atoms with E-state index in [2.05, 4.69) is 32.5 Å². The molecule has 2 aromatic heterocycles. The van der Waals surface area contributed by atoms with Crippen LogP contribution in [0.15, 0.2) is 55.3 Å². The van der Waals surface area contributed by atoms with Crippen molar-refractivity contribution >= 4 is 51.3 Å². The largest absolute Gasteiger partial charge is 0.496 e. The Kier molecular flexibility index (Phi) is 9.11. The number of methoxy groups -OCH3 is 2. The first kappa shape index (κ1) is 30.4. The molecule has 4 rings (SSSR count). The second kappa shape index (κ2) is 12.6. The number of fused-ring (bicyclic) bond motifs is 1. The maximum absolute atomic E-state index is 13.3. The van der Waals surface area contributed by atoms with Crippen molar-refractivity contribution in [3.05, 3.63) is 71.4 Å². The van der Waals surface area contributed by atoms with Crippen LogP contribution in [0.4, 0.5) is 36.2 Å². The summed E-state index contributed by atoms with van der Waals surface area (Å²) >= 11 is 6.72. The van der Waals surface area contributed by atoms with Crippen LogP contribution in [-0.4, -0.2) is 42.8 Å². The fraction of sp³-hybridized carbons (Fsp3) is 0.233. The lowest BCUT2D eigenvalue weighted by atomic mass is 9.98. The SMILES string of the molecule is C=CC(=O)Nc1cccc(C)c1Nc1cc2c(NCC(F)(F)F)nc(-c3c(Cl)c(OC)cc(OC)c3CC)cc2cn1. The number of ether oxygens (including phenoxy) is 2. The molecule has 0 bridgehead atoms. The summed E-state index contributed by atoms with van der Waals surface area (Å²) < 4.78 is 50.9. The molecule has 0 spiro atoms.